The average Bonchev–Trinajstić information content (AvgIpc) is 2.94. The number of benzene rings is 2. The van der Waals surface area contributed by atoms with Gasteiger partial charge in [-0.3, -0.25) is 19.8 Å². The number of halogens is 2. The van der Waals surface area contributed by atoms with Crippen molar-refractivity contribution in [2.75, 3.05) is 5.23 Å². The van der Waals surface area contributed by atoms with Crippen LogP contribution < -0.4 is 11.0 Å². The summed E-state index contributed by atoms with van der Waals surface area (Å²) in [5.41, 5.74) is 7.17. The number of aromatic nitrogens is 1. The van der Waals surface area contributed by atoms with Gasteiger partial charge in [-0.15, -0.1) is 5.23 Å². The summed E-state index contributed by atoms with van der Waals surface area (Å²) in [5.74, 6) is -0.396. The third-order valence-electron chi connectivity index (χ3n) is 3.71. The Morgan fingerprint density at radius 3 is 2.58 bits per heavy atom. The first-order valence-corrected chi connectivity index (χ1v) is 7.70. The second kappa shape index (κ2) is 6.43. The highest BCUT2D eigenvalue weighted by molar-refractivity contribution is 6.36. The van der Waals surface area contributed by atoms with Gasteiger partial charge in [0.25, 0.3) is 5.91 Å². The molecule has 0 aliphatic heterocycles. The minimum atomic E-state index is -0.396. The summed E-state index contributed by atoms with van der Waals surface area (Å²) in [6, 6.07) is 9.47. The number of nitrogens with two attached hydrogens (primary N) is 1. The number of rotatable bonds is 3. The molecule has 0 radical (unpaired) electrons. The summed E-state index contributed by atoms with van der Waals surface area (Å²) in [5, 5.41) is 19.5. The van der Waals surface area contributed by atoms with Crippen LogP contribution in [0.3, 0.4) is 0 Å². The lowest BCUT2D eigenvalue weighted by Gasteiger charge is -2.12. The molecule has 0 aliphatic carbocycles. The van der Waals surface area contributed by atoms with Crippen molar-refractivity contribution in [2.45, 2.75) is 6.54 Å². The first kappa shape index (κ1) is 16.8. The summed E-state index contributed by atoms with van der Waals surface area (Å²) >= 11 is 12.1. The topological polar surface area (TPSA) is 91.7 Å². The van der Waals surface area contributed by atoms with Crippen molar-refractivity contribution >= 4 is 45.7 Å². The molecule has 0 unspecified atom stereocenters. The van der Waals surface area contributed by atoms with Gasteiger partial charge in [-0.1, -0.05) is 35.3 Å². The standard InChI is InChI=1S/C16H13Cl2N3O3/c17-12-5-4-9(6-14(12)21(23)24)16(22)20-8-10(7-19)11-2-1-3-13(18)15(11)20/h1-6,8,23-24H,7,19H2. The van der Waals surface area contributed by atoms with Crippen LogP contribution in [0.1, 0.15) is 15.9 Å². The summed E-state index contributed by atoms with van der Waals surface area (Å²) in [6.45, 7) is 0.254. The van der Waals surface area contributed by atoms with Crippen molar-refractivity contribution in [1.29, 1.82) is 0 Å². The van der Waals surface area contributed by atoms with Crippen molar-refractivity contribution < 1.29 is 15.2 Å². The zero-order valence-corrected chi connectivity index (χ0v) is 13.8. The van der Waals surface area contributed by atoms with Crippen LogP contribution in [-0.4, -0.2) is 20.9 Å². The highest BCUT2D eigenvalue weighted by Gasteiger charge is 2.18. The zero-order chi connectivity index (χ0) is 17.4. The van der Waals surface area contributed by atoms with Gasteiger partial charge in [0.05, 0.1) is 15.6 Å². The number of anilines is 1. The molecule has 4 N–H and O–H groups in total. The van der Waals surface area contributed by atoms with E-state index in [4.69, 9.17) is 28.9 Å². The maximum Gasteiger partial charge on any atom is 0.262 e. The average molecular weight is 366 g/mol. The smallest absolute Gasteiger partial charge is 0.262 e. The second-order valence-corrected chi connectivity index (χ2v) is 5.94. The number of fused-ring (bicyclic) bond motifs is 1. The van der Waals surface area contributed by atoms with Gasteiger partial charge < -0.3 is 5.73 Å². The van der Waals surface area contributed by atoms with Crippen LogP contribution in [0.4, 0.5) is 5.69 Å². The fraction of sp³-hybridized carbons (Fsp3) is 0.0625. The maximum atomic E-state index is 12.9. The van der Waals surface area contributed by atoms with Gasteiger partial charge in [0, 0.05) is 23.7 Å². The third-order valence-corrected chi connectivity index (χ3v) is 4.33. The summed E-state index contributed by atoms with van der Waals surface area (Å²) in [7, 11) is 0. The first-order chi connectivity index (χ1) is 11.4. The molecular weight excluding hydrogens is 353 g/mol. The Labute approximate surface area is 147 Å². The fourth-order valence-electron chi connectivity index (χ4n) is 2.57. The van der Waals surface area contributed by atoms with E-state index in [0.29, 0.717) is 10.5 Å². The Morgan fingerprint density at radius 1 is 1.17 bits per heavy atom. The van der Waals surface area contributed by atoms with E-state index >= 15 is 0 Å². The Kier molecular flexibility index (Phi) is 4.49. The van der Waals surface area contributed by atoms with E-state index in [1.165, 1.54) is 22.8 Å². The molecule has 0 spiro atoms. The number of nitrogens with zero attached hydrogens (tertiary/aromatic N) is 2. The minimum absolute atomic E-state index is 0.0922. The van der Waals surface area contributed by atoms with E-state index in [-0.39, 0.29) is 28.0 Å². The number of hydrogen-bond acceptors (Lipinski definition) is 5. The molecule has 1 aromatic heterocycles. The lowest BCUT2D eigenvalue weighted by atomic mass is 10.1. The number of para-hydroxylation sites is 1. The quantitative estimate of drug-likeness (QED) is 0.615. The molecule has 6 nitrogen and oxygen atoms in total. The number of carbonyl (C=O) groups is 1. The van der Waals surface area contributed by atoms with Crippen LogP contribution in [0.25, 0.3) is 10.9 Å². The Morgan fingerprint density at radius 2 is 1.92 bits per heavy atom. The highest BCUT2D eigenvalue weighted by atomic mass is 35.5. The van der Waals surface area contributed by atoms with E-state index < -0.39 is 5.91 Å². The van der Waals surface area contributed by atoms with E-state index in [0.717, 1.165) is 10.9 Å². The molecule has 0 saturated carbocycles. The SMILES string of the molecule is NCc1cn(C(=O)c2ccc(Cl)c(N(O)O)c2)c2c(Cl)cccc12. The summed E-state index contributed by atoms with van der Waals surface area (Å²) in [4.78, 5) is 12.9. The van der Waals surface area contributed by atoms with Crippen molar-refractivity contribution in [3.63, 3.8) is 0 Å². The van der Waals surface area contributed by atoms with Gasteiger partial charge in [0.15, 0.2) is 0 Å². The van der Waals surface area contributed by atoms with Crippen LogP contribution in [0.2, 0.25) is 10.0 Å². The van der Waals surface area contributed by atoms with Gasteiger partial charge >= 0.3 is 0 Å². The third kappa shape index (κ3) is 2.75. The lowest BCUT2D eigenvalue weighted by Crippen LogP contribution is -2.15. The normalized spacial score (nSPS) is 11.0. The minimum Gasteiger partial charge on any atom is -0.326 e. The summed E-state index contributed by atoms with van der Waals surface area (Å²) in [6.07, 6.45) is 1.63. The highest BCUT2D eigenvalue weighted by Crippen LogP contribution is 2.30. The van der Waals surface area contributed by atoms with Gasteiger partial charge in [-0.25, -0.2) is 0 Å². The molecule has 1 heterocycles. The van der Waals surface area contributed by atoms with Crippen LogP contribution >= 0.6 is 23.2 Å². The van der Waals surface area contributed by atoms with E-state index in [9.17, 15) is 15.2 Å². The molecule has 0 saturated heterocycles. The number of hydrogen-bond donors (Lipinski definition) is 3. The van der Waals surface area contributed by atoms with Gasteiger partial charge in [0.2, 0.25) is 0 Å². The summed E-state index contributed by atoms with van der Waals surface area (Å²) < 4.78 is 1.39. The first-order valence-electron chi connectivity index (χ1n) is 6.94. The van der Waals surface area contributed by atoms with Crippen LogP contribution in [-0.2, 0) is 6.54 Å². The molecule has 0 atom stereocenters. The van der Waals surface area contributed by atoms with Crippen LogP contribution in [0.5, 0.6) is 0 Å². The number of carbonyl (C=O) groups excluding carboxylic acids is 1. The molecule has 3 aromatic rings. The fourth-order valence-corrected chi connectivity index (χ4v) is 3.03. The zero-order valence-electron chi connectivity index (χ0n) is 12.3. The maximum absolute atomic E-state index is 12.9. The van der Waals surface area contributed by atoms with Gasteiger partial charge in [-0.2, -0.15) is 0 Å². The monoisotopic (exact) mass is 365 g/mol. The van der Waals surface area contributed by atoms with Crippen molar-refractivity contribution in [2.24, 2.45) is 5.73 Å². The predicted molar refractivity (Wildman–Crippen MR) is 92.1 cm³/mol. The van der Waals surface area contributed by atoms with Gasteiger partial charge in [0.1, 0.15) is 5.69 Å². The molecule has 0 amide bonds. The Balaban J connectivity index is 2.18. The molecule has 2 aromatic carbocycles. The van der Waals surface area contributed by atoms with Crippen LogP contribution in [0, 0.1) is 0 Å². The molecule has 0 aliphatic rings. The van der Waals surface area contributed by atoms with Crippen molar-refractivity contribution in [1.82, 2.24) is 4.57 Å². The molecule has 8 heteroatoms. The molecule has 0 bridgehead atoms. The molecular formula is C16H13Cl2N3O3. The Hall–Kier alpha value is -2.09. The molecule has 124 valence electrons. The van der Waals surface area contributed by atoms with Crippen molar-refractivity contribution in [3.05, 3.63) is 63.8 Å². The van der Waals surface area contributed by atoms with Crippen LogP contribution in [0.15, 0.2) is 42.6 Å². The van der Waals surface area contributed by atoms with E-state index in [1.807, 2.05) is 6.07 Å². The van der Waals surface area contributed by atoms with E-state index in [1.54, 1.807) is 18.3 Å². The predicted octanol–water partition coefficient (Wildman–Crippen LogP) is 3.68. The lowest BCUT2D eigenvalue weighted by molar-refractivity contribution is 0.0292. The second-order valence-electron chi connectivity index (χ2n) is 5.13. The largest absolute Gasteiger partial charge is 0.326 e. The molecule has 24 heavy (non-hydrogen) atoms. The van der Waals surface area contributed by atoms with Crippen molar-refractivity contribution in [3.8, 4) is 0 Å². The van der Waals surface area contributed by atoms with E-state index in [2.05, 4.69) is 0 Å². The Bertz CT molecular complexity index is 938. The van der Waals surface area contributed by atoms with Gasteiger partial charge in [-0.05, 0) is 29.8 Å². The molecule has 0 fully saturated rings. The molecule has 3 rings (SSSR count).